The van der Waals surface area contributed by atoms with Gasteiger partial charge in [0.25, 0.3) is 0 Å². The van der Waals surface area contributed by atoms with Crippen molar-refractivity contribution in [2.75, 3.05) is 6.54 Å². The average molecular weight is 262 g/mol. The Balaban J connectivity index is 2.88. The first-order chi connectivity index (χ1) is 8.84. The maximum atomic E-state index is 12.0. The molecule has 0 bridgehead atoms. The zero-order chi connectivity index (χ0) is 14.5. The molecule has 0 radical (unpaired) electrons. The molecule has 0 aliphatic heterocycles. The Morgan fingerprint density at radius 3 is 2.58 bits per heavy atom. The van der Waals surface area contributed by atoms with E-state index in [1.54, 1.807) is 0 Å². The summed E-state index contributed by atoms with van der Waals surface area (Å²) in [6.45, 7) is 9.05. The van der Waals surface area contributed by atoms with E-state index in [9.17, 15) is 4.79 Å². The van der Waals surface area contributed by atoms with Crippen molar-refractivity contribution in [3.8, 4) is 0 Å². The Hall–Kier alpha value is -1.35. The molecule has 3 N–H and O–H groups in total. The molecule has 0 heterocycles. The van der Waals surface area contributed by atoms with E-state index >= 15 is 0 Å². The molecular weight excluding hydrogens is 236 g/mol. The van der Waals surface area contributed by atoms with Gasteiger partial charge in [-0.05, 0) is 30.9 Å². The molecule has 106 valence electrons. The van der Waals surface area contributed by atoms with Crippen LogP contribution >= 0.6 is 0 Å². The number of hydrogen-bond acceptors (Lipinski definition) is 2. The maximum Gasteiger partial charge on any atom is 0.220 e. The molecule has 3 heteroatoms. The highest BCUT2D eigenvalue weighted by atomic mass is 16.1. The predicted octanol–water partition coefficient (Wildman–Crippen LogP) is 2.94. The van der Waals surface area contributed by atoms with Crippen molar-refractivity contribution < 1.29 is 4.79 Å². The van der Waals surface area contributed by atoms with Gasteiger partial charge in [0.15, 0.2) is 0 Å². The Labute approximate surface area is 116 Å². The fourth-order valence-electron chi connectivity index (χ4n) is 2.15. The minimum absolute atomic E-state index is 0.0217. The second-order valence-electron chi connectivity index (χ2n) is 6.17. The first-order valence-corrected chi connectivity index (χ1v) is 6.90. The second-order valence-corrected chi connectivity index (χ2v) is 6.17. The summed E-state index contributed by atoms with van der Waals surface area (Å²) < 4.78 is 0. The molecule has 1 aromatic carbocycles. The molecule has 0 fully saturated rings. The molecular formula is C16H26N2O. The number of hydrogen-bond donors (Lipinski definition) is 2. The van der Waals surface area contributed by atoms with Crippen LogP contribution in [-0.4, -0.2) is 12.5 Å². The van der Waals surface area contributed by atoms with Crippen LogP contribution in [0.4, 0.5) is 0 Å². The molecule has 0 saturated carbocycles. The largest absolute Gasteiger partial charge is 0.349 e. The third kappa shape index (κ3) is 5.03. The monoisotopic (exact) mass is 262 g/mol. The quantitative estimate of drug-likeness (QED) is 0.857. The summed E-state index contributed by atoms with van der Waals surface area (Å²) in [6.07, 6.45) is 1.23. The van der Waals surface area contributed by atoms with Crippen LogP contribution in [0.2, 0.25) is 0 Å². The molecule has 1 rings (SSSR count). The van der Waals surface area contributed by atoms with Crippen molar-refractivity contribution in [1.82, 2.24) is 5.32 Å². The van der Waals surface area contributed by atoms with Crippen LogP contribution in [0.3, 0.4) is 0 Å². The Bertz CT molecular complexity index is 421. The topological polar surface area (TPSA) is 55.1 Å². The van der Waals surface area contributed by atoms with E-state index in [2.05, 4.69) is 51.2 Å². The second kappa shape index (κ2) is 6.71. The van der Waals surface area contributed by atoms with Gasteiger partial charge in [-0.3, -0.25) is 4.79 Å². The van der Waals surface area contributed by atoms with Crippen LogP contribution in [0.5, 0.6) is 0 Å². The van der Waals surface area contributed by atoms with Crippen LogP contribution < -0.4 is 11.1 Å². The minimum atomic E-state index is -0.0217. The highest BCUT2D eigenvalue weighted by Gasteiger charge is 2.27. The standard InChI is InChI=1S/C16H26N2O/c1-12-7-5-8-13(11-12)15(16(2,3)4)18-14(19)9-6-10-17/h5,7-8,11,15H,6,9-10,17H2,1-4H3,(H,18,19). The number of benzene rings is 1. The minimum Gasteiger partial charge on any atom is -0.349 e. The molecule has 1 amide bonds. The highest BCUT2D eigenvalue weighted by Crippen LogP contribution is 2.33. The molecule has 0 aliphatic carbocycles. The molecule has 19 heavy (non-hydrogen) atoms. The first kappa shape index (κ1) is 15.7. The molecule has 0 saturated heterocycles. The predicted molar refractivity (Wildman–Crippen MR) is 79.8 cm³/mol. The van der Waals surface area contributed by atoms with E-state index in [0.717, 1.165) is 12.0 Å². The summed E-state index contributed by atoms with van der Waals surface area (Å²) >= 11 is 0. The molecule has 0 aliphatic rings. The smallest absolute Gasteiger partial charge is 0.220 e. The fraction of sp³-hybridized carbons (Fsp3) is 0.562. The van der Waals surface area contributed by atoms with E-state index in [0.29, 0.717) is 13.0 Å². The lowest BCUT2D eigenvalue weighted by molar-refractivity contribution is -0.122. The highest BCUT2D eigenvalue weighted by molar-refractivity contribution is 5.76. The molecule has 1 aromatic rings. The fourth-order valence-corrected chi connectivity index (χ4v) is 2.15. The van der Waals surface area contributed by atoms with Crippen molar-refractivity contribution in [3.63, 3.8) is 0 Å². The molecule has 1 atom stereocenters. The van der Waals surface area contributed by atoms with E-state index < -0.39 is 0 Å². The van der Waals surface area contributed by atoms with Crippen LogP contribution in [0.15, 0.2) is 24.3 Å². The maximum absolute atomic E-state index is 12.0. The Morgan fingerprint density at radius 2 is 2.05 bits per heavy atom. The summed E-state index contributed by atoms with van der Waals surface area (Å²) in [7, 11) is 0. The van der Waals surface area contributed by atoms with Gasteiger partial charge in [-0.2, -0.15) is 0 Å². The molecule has 3 nitrogen and oxygen atoms in total. The lowest BCUT2D eigenvalue weighted by Gasteiger charge is -2.32. The number of rotatable bonds is 5. The van der Waals surface area contributed by atoms with E-state index in [4.69, 9.17) is 5.73 Å². The SMILES string of the molecule is Cc1cccc(C(NC(=O)CCCN)C(C)(C)C)c1. The lowest BCUT2D eigenvalue weighted by Crippen LogP contribution is -2.36. The van der Waals surface area contributed by atoms with Gasteiger partial charge < -0.3 is 11.1 Å². The van der Waals surface area contributed by atoms with Gasteiger partial charge in [0, 0.05) is 6.42 Å². The van der Waals surface area contributed by atoms with Crippen molar-refractivity contribution in [2.45, 2.75) is 46.6 Å². The van der Waals surface area contributed by atoms with E-state index in [1.807, 2.05) is 6.07 Å². The van der Waals surface area contributed by atoms with Gasteiger partial charge in [0.1, 0.15) is 0 Å². The van der Waals surface area contributed by atoms with Crippen molar-refractivity contribution in [1.29, 1.82) is 0 Å². The molecule has 0 spiro atoms. The number of aryl methyl sites for hydroxylation is 1. The number of nitrogens with one attached hydrogen (secondary N) is 1. The molecule has 0 aromatic heterocycles. The first-order valence-electron chi connectivity index (χ1n) is 6.90. The van der Waals surface area contributed by atoms with Gasteiger partial charge in [-0.1, -0.05) is 50.6 Å². The zero-order valence-corrected chi connectivity index (χ0v) is 12.5. The van der Waals surface area contributed by atoms with Gasteiger partial charge >= 0.3 is 0 Å². The van der Waals surface area contributed by atoms with Crippen molar-refractivity contribution in [2.24, 2.45) is 11.1 Å². The van der Waals surface area contributed by atoms with Crippen molar-refractivity contribution >= 4 is 5.91 Å². The summed E-state index contributed by atoms with van der Waals surface area (Å²) in [5.74, 6) is 0.0758. The Morgan fingerprint density at radius 1 is 1.37 bits per heavy atom. The number of nitrogens with two attached hydrogens (primary N) is 1. The lowest BCUT2D eigenvalue weighted by atomic mass is 9.82. The summed E-state index contributed by atoms with van der Waals surface area (Å²) in [5, 5.41) is 3.14. The van der Waals surface area contributed by atoms with Gasteiger partial charge in [-0.15, -0.1) is 0 Å². The molecule has 1 unspecified atom stereocenters. The van der Waals surface area contributed by atoms with E-state index in [-0.39, 0.29) is 17.4 Å². The van der Waals surface area contributed by atoms with Crippen molar-refractivity contribution in [3.05, 3.63) is 35.4 Å². The van der Waals surface area contributed by atoms with E-state index in [1.165, 1.54) is 5.56 Å². The summed E-state index contributed by atoms with van der Waals surface area (Å²) in [5.41, 5.74) is 7.79. The third-order valence-corrected chi connectivity index (χ3v) is 3.15. The number of amides is 1. The summed E-state index contributed by atoms with van der Waals surface area (Å²) in [6, 6.07) is 8.35. The summed E-state index contributed by atoms with van der Waals surface area (Å²) in [4.78, 5) is 12.0. The van der Waals surface area contributed by atoms with Gasteiger partial charge in [-0.25, -0.2) is 0 Å². The van der Waals surface area contributed by atoms with Crippen LogP contribution in [0, 0.1) is 12.3 Å². The van der Waals surface area contributed by atoms with Crippen LogP contribution in [0.25, 0.3) is 0 Å². The van der Waals surface area contributed by atoms with Gasteiger partial charge in [0.2, 0.25) is 5.91 Å². The number of carbonyl (C=O) groups is 1. The third-order valence-electron chi connectivity index (χ3n) is 3.15. The zero-order valence-electron chi connectivity index (χ0n) is 12.5. The number of carbonyl (C=O) groups excluding carboxylic acids is 1. The normalized spacial score (nSPS) is 13.1. The Kier molecular flexibility index (Phi) is 5.55. The average Bonchev–Trinajstić information content (AvgIpc) is 2.32. The van der Waals surface area contributed by atoms with Gasteiger partial charge in [0.05, 0.1) is 6.04 Å². The van der Waals surface area contributed by atoms with Crippen LogP contribution in [-0.2, 0) is 4.79 Å². The van der Waals surface area contributed by atoms with Crippen LogP contribution in [0.1, 0.15) is 50.8 Å².